The summed E-state index contributed by atoms with van der Waals surface area (Å²) in [6.07, 6.45) is 2.74. The fourth-order valence-electron chi connectivity index (χ4n) is 2.46. The van der Waals surface area contributed by atoms with Crippen LogP contribution in [0.15, 0.2) is 4.47 Å². The van der Waals surface area contributed by atoms with Crippen LogP contribution >= 0.6 is 27.5 Å². The van der Waals surface area contributed by atoms with Crippen LogP contribution in [0.5, 0.6) is 0 Å². The highest BCUT2D eigenvalue weighted by Gasteiger charge is 2.22. The lowest BCUT2D eigenvalue weighted by Crippen LogP contribution is -2.21. The van der Waals surface area contributed by atoms with Gasteiger partial charge in [-0.15, -0.1) is 5.10 Å². The van der Waals surface area contributed by atoms with E-state index in [2.05, 4.69) is 61.4 Å². The number of halogens is 1. The van der Waals surface area contributed by atoms with Crippen LogP contribution in [0.1, 0.15) is 48.8 Å². The lowest BCUT2D eigenvalue weighted by atomic mass is 10.1. The molecule has 0 saturated carbocycles. The van der Waals surface area contributed by atoms with Gasteiger partial charge in [0.15, 0.2) is 0 Å². The number of hydrogen-bond donors (Lipinski definition) is 1. The molecule has 7 heteroatoms. The van der Waals surface area contributed by atoms with Crippen molar-refractivity contribution in [3.8, 4) is 0 Å². The quantitative estimate of drug-likeness (QED) is 0.811. The lowest BCUT2D eigenvalue weighted by molar-refractivity contribution is 0.541. The van der Waals surface area contributed by atoms with Gasteiger partial charge in [-0.05, 0) is 54.3 Å². The minimum absolute atomic E-state index is 0.225. The zero-order valence-electron chi connectivity index (χ0n) is 13.0. The van der Waals surface area contributed by atoms with Crippen molar-refractivity contribution in [1.29, 1.82) is 0 Å². The van der Waals surface area contributed by atoms with Gasteiger partial charge in [0.05, 0.1) is 32.5 Å². The Labute approximate surface area is 138 Å². The van der Waals surface area contributed by atoms with Crippen molar-refractivity contribution in [2.45, 2.75) is 52.6 Å². The normalized spacial score (nSPS) is 12.8. The van der Waals surface area contributed by atoms with Crippen molar-refractivity contribution >= 4 is 27.5 Å². The summed E-state index contributed by atoms with van der Waals surface area (Å²) in [5.74, 6) is 0. The summed E-state index contributed by atoms with van der Waals surface area (Å²) in [5, 5.41) is 12.3. The maximum Gasteiger partial charge on any atom is 0.0801 e. The van der Waals surface area contributed by atoms with E-state index in [9.17, 15) is 0 Å². The smallest absolute Gasteiger partial charge is 0.0801 e. The van der Waals surface area contributed by atoms with Crippen LogP contribution in [-0.2, 0) is 25.8 Å². The highest BCUT2D eigenvalue weighted by molar-refractivity contribution is 9.10. The Kier molecular flexibility index (Phi) is 5.89. The third-order valence-corrected chi connectivity index (χ3v) is 5.47. The molecule has 116 valence electrons. The Hall–Kier alpha value is -0.790. The van der Waals surface area contributed by atoms with Crippen LogP contribution in [0.2, 0.25) is 0 Å². The van der Waals surface area contributed by atoms with E-state index < -0.39 is 0 Å². The van der Waals surface area contributed by atoms with Crippen molar-refractivity contribution in [2.75, 3.05) is 7.05 Å². The van der Waals surface area contributed by atoms with E-state index >= 15 is 0 Å². The Bertz CT molecular complexity index is 592. The lowest BCUT2D eigenvalue weighted by Gasteiger charge is -2.16. The molecule has 0 amide bonds. The SMILES string of the molecule is CCc1nnsc1C(Cc1c(Br)c(CC)nn1CC)NC. The van der Waals surface area contributed by atoms with Gasteiger partial charge < -0.3 is 5.32 Å². The highest BCUT2D eigenvalue weighted by Crippen LogP contribution is 2.29. The van der Waals surface area contributed by atoms with Crippen LogP contribution < -0.4 is 5.32 Å². The molecule has 0 aliphatic carbocycles. The van der Waals surface area contributed by atoms with E-state index in [1.807, 2.05) is 7.05 Å². The number of hydrogen-bond acceptors (Lipinski definition) is 5. The number of nitrogens with zero attached hydrogens (tertiary/aromatic N) is 4. The topological polar surface area (TPSA) is 55.6 Å². The summed E-state index contributed by atoms with van der Waals surface area (Å²) in [6.45, 7) is 7.26. The van der Waals surface area contributed by atoms with Crippen molar-refractivity contribution in [2.24, 2.45) is 0 Å². The Morgan fingerprint density at radius 1 is 1.24 bits per heavy atom. The van der Waals surface area contributed by atoms with Crippen molar-refractivity contribution in [3.63, 3.8) is 0 Å². The zero-order valence-corrected chi connectivity index (χ0v) is 15.4. The Morgan fingerprint density at radius 2 is 1.95 bits per heavy atom. The molecule has 5 nitrogen and oxygen atoms in total. The van der Waals surface area contributed by atoms with E-state index in [0.717, 1.165) is 41.7 Å². The minimum Gasteiger partial charge on any atom is -0.312 e. The first-order valence-corrected chi connectivity index (χ1v) is 8.95. The number of rotatable bonds is 7. The molecule has 0 aromatic carbocycles. The second kappa shape index (κ2) is 7.47. The largest absolute Gasteiger partial charge is 0.312 e. The van der Waals surface area contributed by atoms with Crippen LogP contribution in [0.4, 0.5) is 0 Å². The zero-order chi connectivity index (χ0) is 15.4. The van der Waals surface area contributed by atoms with E-state index in [-0.39, 0.29) is 6.04 Å². The van der Waals surface area contributed by atoms with E-state index in [0.29, 0.717) is 0 Å². The first-order valence-electron chi connectivity index (χ1n) is 7.38. The molecule has 1 unspecified atom stereocenters. The van der Waals surface area contributed by atoms with Gasteiger partial charge in [0.25, 0.3) is 0 Å². The summed E-state index contributed by atoms with van der Waals surface area (Å²) >= 11 is 5.21. The molecule has 0 aliphatic heterocycles. The van der Waals surface area contributed by atoms with Gasteiger partial charge in [-0.25, -0.2) is 0 Å². The molecule has 21 heavy (non-hydrogen) atoms. The number of aryl methyl sites for hydroxylation is 3. The molecule has 0 radical (unpaired) electrons. The first-order chi connectivity index (χ1) is 10.2. The van der Waals surface area contributed by atoms with Gasteiger partial charge in [0.2, 0.25) is 0 Å². The van der Waals surface area contributed by atoms with Crippen LogP contribution in [-0.4, -0.2) is 26.4 Å². The molecule has 2 aromatic heterocycles. The summed E-state index contributed by atoms with van der Waals surface area (Å²) in [7, 11) is 1.99. The monoisotopic (exact) mass is 371 g/mol. The predicted octanol–water partition coefficient (Wildman–Crippen LogP) is 3.15. The molecular formula is C14H22BrN5S. The second-order valence-corrected chi connectivity index (χ2v) is 6.44. The molecule has 2 aromatic rings. The number of aromatic nitrogens is 4. The average Bonchev–Trinajstić information content (AvgIpc) is 3.09. The minimum atomic E-state index is 0.225. The molecule has 0 aliphatic rings. The van der Waals surface area contributed by atoms with Gasteiger partial charge in [-0.3, -0.25) is 4.68 Å². The Balaban J connectivity index is 2.33. The van der Waals surface area contributed by atoms with Gasteiger partial charge in [0, 0.05) is 13.0 Å². The second-order valence-electron chi connectivity index (χ2n) is 4.86. The van der Waals surface area contributed by atoms with Gasteiger partial charge in [-0.1, -0.05) is 18.3 Å². The van der Waals surface area contributed by atoms with E-state index in [1.165, 1.54) is 22.1 Å². The summed E-state index contributed by atoms with van der Waals surface area (Å²) < 4.78 is 7.34. The van der Waals surface area contributed by atoms with Gasteiger partial charge in [0.1, 0.15) is 0 Å². The van der Waals surface area contributed by atoms with Gasteiger partial charge >= 0.3 is 0 Å². The standard InChI is InChI=1S/C14H22BrN5S/c1-5-9-13(15)12(20(7-3)18-9)8-11(16-4)14-10(6-2)17-19-21-14/h11,16H,5-8H2,1-4H3. The summed E-state index contributed by atoms with van der Waals surface area (Å²) in [6, 6.07) is 0.225. The molecule has 1 N–H and O–H groups in total. The van der Waals surface area contributed by atoms with Crippen LogP contribution in [0.3, 0.4) is 0 Å². The molecule has 1 atom stereocenters. The molecule has 0 saturated heterocycles. The predicted molar refractivity (Wildman–Crippen MR) is 89.8 cm³/mol. The molecule has 0 spiro atoms. The summed E-state index contributed by atoms with van der Waals surface area (Å²) in [4.78, 5) is 1.23. The number of nitrogens with one attached hydrogen (secondary N) is 1. The molecule has 2 rings (SSSR count). The molecule has 2 heterocycles. The third-order valence-electron chi connectivity index (χ3n) is 3.68. The first kappa shape index (κ1) is 16.6. The third kappa shape index (κ3) is 3.35. The van der Waals surface area contributed by atoms with E-state index in [1.54, 1.807) is 0 Å². The van der Waals surface area contributed by atoms with Crippen molar-refractivity contribution < 1.29 is 0 Å². The average molecular weight is 372 g/mol. The Morgan fingerprint density at radius 3 is 2.52 bits per heavy atom. The molecular weight excluding hydrogens is 350 g/mol. The van der Waals surface area contributed by atoms with E-state index in [4.69, 9.17) is 0 Å². The van der Waals surface area contributed by atoms with Crippen LogP contribution in [0, 0.1) is 0 Å². The van der Waals surface area contributed by atoms with Crippen LogP contribution in [0.25, 0.3) is 0 Å². The highest BCUT2D eigenvalue weighted by atomic mass is 79.9. The van der Waals surface area contributed by atoms with Crippen molar-refractivity contribution in [3.05, 3.63) is 26.4 Å². The maximum atomic E-state index is 4.67. The fraction of sp³-hybridized carbons (Fsp3) is 0.643. The fourth-order valence-corrected chi connectivity index (χ4v) is 4.03. The summed E-state index contributed by atoms with van der Waals surface area (Å²) in [5.41, 5.74) is 3.46. The number of likely N-dealkylation sites (N-methyl/N-ethyl adjacent to an activating group) is 1. The van der Waals surface area contributed by atoms with Gasteiger partial charge in [-0.2, -0.15) is 5.10 Å². The molecule has 0 bridgehead atoms. The van der Waals surface area contributed by atoms with Crippen molar-refractivity contribution in [1.82, 2.24) is 24.7 Å². The molecule has 0 fully saturated rings. The maximum absolute atomic E-state index is 4.67.